The predicted molar refractivity (Wildman–Crippen MR) is 55.0 cm³/mol. The molecule has 1 N–H and O–H groups in total. The Hall–Kier alpha value is -0.0900. The lowest BCUT2D eigenvalue weighted by molar-refractivity contribution is 0.119. The third kappa shape index (κ3) is 4.09. The van der Waals surface area contributed by atoms with Crippen molar-refractivity contribution in [2.75, 3.05) is 45.9 Å². The van der Waals surface area contributed by atoms with Gasteiger partial charge in [-0.05, 0) is 0 Å². The van der Waals surface area contributed by atoms with Crippen LogP contribution in [0.1, 0.15) is 0 Å². The highest BCUT2D eigenvalue weighted by atomic mass is 35.5. The molecule has 1 fully saturated rings. The molecule has 1 heterocycles. The van der Waals surface area contributed by atoms with Gasteiger partial charge in [0.15, 0.2) is 0 Å². The van der Waals surface area contributed by atoms with Gasteiger partial charge in [-0.3, -0.25) is 9.80 Å². The highest BCUT2D eigenvalue weighted by molar-refractivity contribution is 6.29. The Bertz CT molecular complexity index is 167. The summed E-state index contributed by atoms with van der Waals surface area (Å²) in [5, 5.41) is 9.44. The Labute approximate surface area is 84.6 Å². The van der Waals surface area contributed by atoms with Crippen molar-refractivity contribution in [3.8, 4) is 0 Å². The monoisotopic (exact) mass is 204 g/mol. The largest absolute Gasteiger partial charge is 0.395 e. The molecule has 1 rings (SSSR count). The zero-order valence-corrected chi connectivity index (χ0v) is 8.63. The van der Waals surface area contributed by atoms with Gasteiger partial charge in [-0.1, -0.05) is 18.2 Å². The second kappa shape index (κ2) is 5.60. The zero-order chi connectivity index (χ0) is 9.68. The maximum Gasteiger partial charge on any atom is 0.0558 e. The summed E-state index contributed by atoms with van der Waals surface area (Å²) in [5.41, 5.74) is 0. The molecule has 0 atom stereocenters. The van der Waals surface area contributed by atoms with Crippen LogP contribution >= 0.6 is 11.6 Å². The average Bonchev–Trinajstić information content (AvgIpc) is 2.08. The normalized spacial score (nSPS) is 20.5. The smallest absolute Gasteiger partial charge is 0.0558 e. The van der Waals surface area contributed by atoms with E-state index in [2.05, 4.69) is 16.4 Å². The number of β-amino-alcohol motifs (C(OH)–C–C–N with tert-alkyl or cyclic N) is 1. The highest BCUT2D eigenvalue weighted by Crippen LogP contribution is 2.05. The third-order valence-electron chi connectivity index (χ3n) is 2.28. The van der Waals surface area contributed by atoms with Crippen LogP contribution < -0.4 is 0 Å². The molecule has 0 radical (unpaired) electrons. The molecule has 0 aliphatic carbocycles. The summed E-state index contributed by atoms with van der Waals surface area (Å²) in [4.78, 5) is 4.54. The first-order valence-corrected chi connectivity index (χ1v) is 4.99. The molecule has 0 aromatic carbocycles. The van der Waals surface area contributed by atoms with Crippen LogP contribution in [0.4, 0.5) is 0 Å². The fourth-order valence-electron chi connectivity index (χ4n) is 1.56. The summed E-state index contributed by atoms with van der Waals surface area (Å²) >= 11 is 5.72. The van der Waals surface area contributed by atoms with E-state index in [0.29, 0.717) is 5.03 Å². The number of hydrogen-bond acceptors (Lipinski definition) is 3. The summed E-state index contributed by atoms with van der Waals surface area (Å²) < 4.78 is 0. The van der Waals surface area contributed by atoms with Gasteiger partial charge >= 0.3 is 0 Å². The van der Waals surface area contributed by atoms with Crippen LogP contribution in [0.3, 0.4) is 0 Å². The van der Waals surface area contributed by atoms with E-state index in [0.717, 1.165) is 39.3 Å². The van der Waals surface area contributed by atoms with Crippen molar-refractivity contribution in [3.63, 3.8) is 0 Å². The van der Waals surface area contributed by atoms with Gasteiger partial charge in [0.25, 0.3) is 0 Å². The highest BCUT2D eigenvalue weighted by Gasteiger charge is 2.15. The fraction of sp³-hybridized carbons (Fsp3) is 0.778. The Morgan fingerprint density at radius 3 is 2.23 bits per heavy atom. The first-order valence-electron chi connectivity index (χ1n) is 4.61. The molecule has 3 nitrogen and oxygen atoms in total. The van der Waals surface area contributed by atoms with Crippen LogP contribution in [-0.4, -0.2) is 60.8 Å². The molecular formula is C9H17ClN2O. The number of rotatable bonds is 4. The summed E-state index contributed by atoms with van der Waals surface area (Å²) in [5.74, 6) is 0. The van der Waals surface area contributed by atoms with Crippen molar-refractivity contribution in [2.45, 2.75) is 0 Å². The molecule has 76 valence electrons. The van der Waals surface area contributed by atoms with Crippen LogP contribution in [0, 0.1) is 0 Å². The molecule has 1 saturated heterocycles. The number of hydrogen-bond donors (Lipinski definition) is 1. The Balaban J connectivity index is 2.18. The van der Waals surface area contributed by atoms with Crippen molar-refractivity contribution < 1.29 is 5.11 Å². The lowest BCUT2D eigenvalue weighted by atomic mass is 10.3. The molecule has 13 heavy (non-hydrogen) atoms. The summed E-state index contributed by atoms with van der Waals surface area (Å²) in [7, 11) is 0. The molecule has 1 aliphatic rings. The van der Waals surface area contributed by atoms with Crippen LogP contribution in [-0.2, 0) is 0 Å². The molecule has 0 bridgehead atoms. The van der Waals surface area contributed by atoms with E-state index in [9.17, 15) is 0 Å². The van der Waals surface area contributed by atoms with Crippen molar-refractivity contribution in [1.29, 1.82) is 0 Å². The van der Waals surface area contributed by atoms with E-state index in [1.807, 2.05) is 0 Å². The van der Waals surface area contributed by atoms with E-state index in [-0.39, 0.29) is 6.61 Å². The van der Waals surface area contributed by atoms with E-state index in [1.54, 1.807) is 0 Å². The predicted octanol–water partition coefficient (Wildman–Crippen LogP) is 0.349. The quantitative estimate of drug-likeness (QED) is 0.716. The van der Waals surface area contributed by atoms with Crippen molar-refractivity contribution in [3.05, 3.63) is 11.6 Å². The van der Waals surface area contributed by atoms with Crippen LogP contribution in [0.2, 0.25) is 0 Å². The van der Waals surface area contributed by atoms with Gasteiger partial charge < -0.3 is 5.11 Å². The molecule has 0 spiro atoms. The average molecular weight is 205 g/mol. The van der Waals surface area contributed by atoms with Crippen molar-refractivity contribution in [2.24, 2.45) is 0 Å². The fourth-order valence-corrected chi connectivity index (χ4v) is 1.72. The summed E-state index contributed by atoms with van der Waals surface area (Å²) in [6.45, 7) is 9.58. The molecule has 0 aromatic heterocycles. The van der Waals surface area contributed by atoms with Crippen LogP contribution in [0.5, 0.6) is 0 Å². The van der Waals surface area contributed by atoms with E-state index in [1.165, 1.54) is 0 Å². The minimum Gasteiger partial charge on any atom is -0.395 e. The topological polar surface area (TPSA) is 26.7 Å². The van der Waals surface area contributed by atoms with Gasteiger partial charge in [0.2, 0.25) is 0 Å². The van der Waals surface area contributed by atoms with Crippen LogP contribution in [0.15, 0.2) is 11.6 Å². The number of halogens is 1. The molecule has 0 unspecified atom stereocenters. The maximum atomic E-state index is 8.74. The molecule has 0 amide bonds. The first kappa shape index (κ1) is 11.0. The molecule has 0 aromatic rings. The molecule has 1 aliphatic heterocycles. The van der Waals surface area contributed by atoms with Gasteiger partial charge in [-0.2, -0.15) is 0 Å². The Morgan fingerprint density at radius 2 is 1.77 bits per heavy atom. The Kier molecular flexibility index (Phi) is 4.73. The standard InChI is InChI=1S/C9H17ClN2O/c1-9(10)8-12-4-2-11(3-5-12)6-7-13/h13H,1-8H2. The zero-order valence-electron chi connectivity index (χ0n) is 7.88. The number of piperazine rings is 1. The lowest BCUT2D eigenvalue weighted by Gasteiger charge is -2.34. The molecule has 0 saturated carbocycles. The van der Waals surface area contributed by atoms with E-state index in [4.69, 9.17) is 16.7 Å². The first-order chi connectivity index (χ1) is 6.22. The maximum absolute atomic E-state index is 8.74. The second-order valence-corrected chi connectivity index (χ2v) is 3.89. The Morgan fingerprint density at radius 1 is 1.23 bits per heavy atom. The van der Waals surface area contributed by atoms with Crippen molar-refractivity contribution in [1.82, 2.24) is 9.80 Å². The molecular weight excluding hydrogens is 188 g/mol. The van der Waals surface area contributed by atoms with E-state index >= 15 is 0 Å². The summed E-state index contributed by atoms with van der Waals surface area (Å²) in [6, 6.07) is 0. The van der Waals surface area contributed by atoms with Gasteiger partial charge in [-0.25, -0.2) is 0 Å². The molecule has 4 heteroatoms. The van der Waals surface area contributed by atoms with Crippen LogP contribution in [0.25, 0.3) is 0 Å². The van der Waals surface area contributed by atoms with Gasteiger partial charge in [0.1, 0.15) is 0 Å². The number of aliphatic hydroxyl groups excluding tert-OH is 1. The number of aliphatic hydroxyl groups is 1. The minimum atomic E-state index is 0.252. The minimum absolute atomic E-state index is 0.252. The van der Waals surface area contributed by atoms with Gasteiger partial charge in [0.05, 0.1) is 6.61 Å². The van der Waals surface area contributed by atoms with Crippen molar-refractivity contribution >= 4 is 11.6 Å². The van der Waals surface area contributed by atoms with Gasteiger partial charge in [-0.15, -0.1) is 0 Å². The lowest BCUT2D eigenvalue weighted by Crippen LogP contribution is -2.47. The number of nitrogens with zero attached hydrogens (tertiary/aromatic N) is 2. The second-order valence-electron chi connectivity index (χ2n) is 3.36. The third-order valence-corrected chi connectivity index (χ3v) is 2.40. The summed E-state index contributed by atoms with van der Waals surface area (Å²) in [6.07, 6.45) is 0. The van der Waals surface area contributed by atoms with Gasteiger partial charge in [0, 0.05) is 44.3 Å². The SMILES string of the molecule is C=C(Cl)CN1CCN(CCO)CC1. The van der Waals surface area contributed by atoms with E-state index < -0.39 is 0 Å².